The summed E-state index contributed by atoms with van der Waals surface area (Å²) in [5, 5.41) is 0. The Morgan fingerprint density at radius 3 is 2.71 bits per heavy atom. The zero-order chi connectivity index (χ0) is 12.5. The first kappa shape index (κ1) is 13.6. The van der Waals surface area contributed by atoms with Gasteiger partial charge in [-0.25, -0.2) is 0 Å². The molecule has 0 N–H and O–H groups in total. The van der Waals surface area contributed by atoms with Gasteiger partial charge in [0.2, 0.25) is 0 Å². The summed E-state index contributed by atoms with van der Waals surface area (Å²) in [7, 11) is 1.58. The van der Waals surface area contributed by atoms with Crippen LogP contribution in [0, 0.1) is 0 Å². The summed E-state index contributed by atoms with van der Waals surface area (Å²) in [5.74, 6) is 1.31. The monoisotopic (exact) mass is 236 g/mol. The van der Waals surface area contributed by atoms with Gasteiger partial charge in [0.05, 0.1) is 19.3 Å². The Hall–Kier alpha value is -1.51. The molecule has 94 valence electrons. The van der Waals surface area contributed by atoms with E-state index in [0.717, 1.165) is 12.7 Å². The SMILES string of the molecule is CCCCCCOc1ccc(OC)cc1C=O. The molecule has 0 radical (unpaired) electrons. The standard InChI is InChI=1S/C14H20O3/c1-3-4-5-6-9-17-14-8-7-13(16-2)10-12(14)11-15/h7-8,10-11H,3-6,9H2,1-2H3. The third-order valence-electron chi connectivity index (χ3n) is 2.60. The first-order valence-corrected chi connectivity index (χ1v) is 6.07. The van der Waals surface area contributed by atoms with E-state index in [1.807, 2.05) is 0 Å². The third kappa shape index (κ3) is 4.47. The van der Waals surface area contributed by atoms with Gasteiger partial charge in [-0.05, 0) is 24.6 Å². The van der Waals surface area contributed by atoms with Crippen molar-refractivity contribution in [2.75, 3.05) is 13.7 Å². The van der Waals surface area contributed by atoms with Crippen LogP contribution in [-0.2, 0) is 0 Å². The zero-order valence-corrected chi connectivity index (χ0v) is 10.6. The van der Waals surface area contributed by atoms with Crippen molar-refractivity contribution in [3.8, 4) is 11.5 Å². The summed E-state index contributed by atoms with van der Waals surface area (Å²) >= 11 is 0. The van der Waals surface area contributed by atoms with Gasteiger partial charge in [-0.15, -0.1) is 0 Å². The van der Waals surface area contributed by atoms with E-state index in [-0.39, 0.29) is 0 Å². The zero-order valence-electron chi connectivity index (χ0n) is 10.6. The van der Waals surface area contributed by atoms with Crippen LogP contribution in [0.5, 0.6) is 11.5 Å². The van der Waals surface area contributed by atoms with Crippen LogP contribution in [0.3, 0.4) is 0 Å². The Morgan fingerprint density at radius 1 is 1.24 bits per heavy atom. The molecule has 0 spiro atoms. The highest BCUT2D eigenvalue weighted by Gasteiger charge is 2.04. The highest BCUT2D eigenvalue weighted by atomic mass is 16.5. The van der Waals surface area contributed by atoms with Crippen molar-refractivity contribution in [2.24, 2.45) is 0 Å². The van der Waals surface area contributed by atoms with Gasteiger partial charge in [0, 0.05) is 0 Å². The minimum atomic E-state index is 0.542. The molecule has 0 aliphatic rings. The maximum Gasteiger partial charge on any atom is 0.153 e. The van der Waals surface area contributed by atoms with Gasteiger partial charge < -0.3 is 9.47 Å². The fraction of sp³-hybridized carbons (Fsp3) is 0.500. The molecule has 1 rings (SSSR count). The molecular formula is C14H20O3. The second kappa shape index (κ2) is 7.71. The predicted octanol–water partition coefficient (Wildman–Crippen LogP) is 3.47. The lowest BCUT2D eigenvalue weighted by Gasteiger charge is -2.09. The normalized spacial score (nSPS) is 10.0. The Labute approximate surface area is 103 Å². The lowest BCUT2D eigenvalue weighted by Crippen LogP contribution is -2.00. The fourth-order valence-electron chi connectivity index (χ4n) is 1.59. The number of rotatable bonds is 8. The summed E-state index contributed by atoms with van der Waals surface area (Å²) in [5.41, 5.74) is 0.542. The maximum atomic E-state index is 10.9. The second-order valence-corrected chi connectivity index (χ2v) is 3.93. The summed E-state index contributed by atoms with van der Waals surface area (Å²) < 4.78 is 10.6. The molecule has 1 aromatic rings. The van der Waals surface area contributed by atoms with E-state index in [2.05, 4.69) is 6.92 Å². The number of hydrogen-bond donors (Lipinski definition) is 0. The molecule has 3 heteroatoms. The van der Waals surface area contributed by atoms with Crippen LogP contribution >= 0.6 is 0 Å². The molecule has 0 amide bonds. The first-order chi connectivity index (χ1) is 8.31. The molecule has 0 unspecified atom stereocenters. The van der Waals surface area contributed by atoms with Gasteiger partial charge in [0.15, 0.2) is 6.29 Å². The molecule has 0 saturated carbocycles. The van der Waals surface area contributed by atoms with Gasteiger partial charge in [-0.1, -0.05) is 26.2 Å². The van der Waals surface area contributed by atoms with Crippen molar-refractivity contribution in [2.45, 2.75) is 32.6 Å². The van der Waals surface area contributed by atoms with E-state index >= 15 is 0 Å². The molecule has 1 aromatic carbocycles. The minimum absolute atomic E-state index is 0.542. The van der Waals surface area contributed by atoms with Crippen LogP contribution in [0.15, 0.2) is 18.2 Å². The predicted molar refractivity (Wildman–Crippen MR) is 68.0 cm³/mol. The average Bonchev–Trinajstić information content (AvgIpc) is 2.38. The lowest BCUT2D eigenvalue weighted by molar-refractivity contribution is 0.111. The fourth-order valence-corrected chi connectivity index (χ4v) is 1.59. The highest BCUT2D eigenvalue weighted by molar-refractivity contribution is 5.80. The quantitative estimate of drug-likeness (QED) is 0.512. The Balaban J connectivity index is 2.49. The van der Waals surface area contributed by atoms with Crippen molar-refractivity contribution in [1.29, 1.82) is 0 Å². The smallest absolute Gasteiger partial charge is 0.153 e. The molecule has 0 aliphatic carbocycles. The molecule has 0 heterocycles. The molecule has 0 atom stereocenters. The van der Waals surface area contributed by atoms with E-state index in [9.17, 15) is 4.79 Å². The van der Waals surface area contributed by atoms with Crippen molar-refractivity contribution in [1.82, 2.24) is 0 Å². The Morgan fingerprint density at radius 2 is 2.06 bits per heavy atom. The van der Waals surface area contributed by atoms with Gasteiger partial charge in [0.1, 0.15) is 11.5 Å². The number of aldehydes is 1. The van der Waals surface area contributed by atoms with E-state index in [4.69, 9.17) is 9.47 Å². The lowest BCUT2D eigenvalue weighted by atomic mass is 10.2. The van der Waals surface area contributed by atoms with Crippen LogP contribution in [0.2, 0.25) is 0 Å². The van der Waals surface area contributed by atoms with E-state index in [0.29, 0.717) is 23.7 Å². The molecule has 0 bridgehead atoms. The molecule has 3 nitrogen and oxygen atoms in total. The van der Waals surface area contributed by atoms with E-state index in [1.54, 1.807) is 25.3 Å². The molecule has 0 aromatic heterocycles. The maximum absolute atomic E-state index is 10.9. The van der Waals surface area contributed by atoms with Crippen molar-refractivity contribution in [3.63, 3.8) is 0 Å². The first-order valence-electron chi connectivity index (χ1n) is 6.07. The van der Waals surface area contributed by atoms with Crippen molar-refractivity contribution in [3.05, 3.63) is 23.8 Å². The van der Waals surface area contributed by atoms with Crippen LogP contribution in [0.1, 0.15) is 43.0 Å². The molecule has 0 aliphatic heterocycles. The second-order valence-electron chi connectivity index (χ2n) is 3.93. The van der Waals surface area contributed by atoms with Crippen molar-refractivity contribution < 1.29 is 14.3 Å². The number of carbonyl (C=O) groups is 1. The summed E-state index contributed by atoms with van der Waals surface area (Å²) in [4.78, 5) is 10.9. The average molecular weight is 236 g/mol. The Kier molecular flexibility index (Phi) is 6.15. The summed E-state index contributed by atoms with van der Waals surface area (Å²) in [6.07, 6.45) is 5.43. The van der Waals surface area contributed by atoms with Gasteiger partial charge in [-0.2, -0.15) is 0 Å². The van der Waals surface area contributed by atoms with Crippen LogP contribution in [-0.4, -0.2) is 20.0 Å². The van der Waals surface area contributed by atoms with Crippen LogP contribution in [0.4, 0.5) is 0 Å². The van der Waals surface area contributed by atoms with Crippen molar-refractivity contribution >= 4 is 6.29 Å². The summed E-state index contributed by atoms with van der Waals surface area (Å²) in [6, 6.07) is 5.27. The molecular weight excluding hydrogens is 216 g/mol. The van der Waals surface area contributed by atoms with E-state index < -0.39 is 0 Å². The molecule has 0 fully saturated rings. The number of unbranched alkanes of at least 4 members (excludes halogenated alkanes) is 3. The van der Waals surface area contributed by atoms with Gasteiger partial charge in [0.25, 0.3) is 0 Å². The number of carbonyl (C=O) groups excluding carboxylic acids is 1. The number of ether oxygens (including phenoxy) is 2. The highest BCUT2D eigenvalue weighted by Crippen LogP contribution is 2.22. The molecule has 0 saturated heterocycles. The van der Waals surface area contributed by atoms with E-state index in [1.165, 1.54) is 19.3 Å². The number of methoxy groups -OCH3 is 1. The number of benzene rings is 1. The molecule has 17 heavy (non-hydrogen) atoms. The van der Waals surface area contributed by atoms with Crippen LogP contribution in [0.25, 0.3) is 0 Å². The van der Waals surface area contributed by atoms with Gasteiger partial charge in [-0.3, -0.25) is 4.79 Å². The van der Waals surface area contributed by atoms with Gasteiger partial charge >= 0.3 is 0 Å². The topological polar surface area (TPSA) is 35.5 Å². The minimum Gasteiger partial charge on any atom is -0.497 e. The third-order valence-corrected chi connectivity index (χ3v) is 2.60. The largest absolute Gasteiger partial charge is 0.497 e. The van der Waals surface area contributed by atoms with Crippen LogP contribution < -0.4 is 9.47 Å². The Bertz CT molecular complexity index is 347. The number of hydrogen-bond acceptors (Lipinski definition) is 3. The summed E-state index contributed by atoms with van der Waals surface area (Å²) in [6.45, 7) is 2.84.